The van der Waals surface area contributed by atoms with Gasteiger partial charge in [0.15, 0.2) is 0 Å². The topological polar surface area (TPSA) is 16.4 Å². The van der Waals surface area contributed by atoms with Crippen molar-refractivity contribution in [2.24, 2.45) is 0 Å². The Hall–Kier alpha value is -5.20. The van der Waals surface area contributed by atoms with Crippen LogP contribution in [-0.2, 0) is 0 Å². The second-order valence-corrected chi connectivity index (χ2v) is 15.3. The fourth-order valence-corrected chi connectivity index (χ4v) is 10.8. The zero-order chi connectivity index (χ0) is 30.6. The van der Waals surface area contributed by atoms with Crippen LogP contribution in [0, 0.1) is 0 Å². The van der Waals surface area contributed by atoms with E-state index in [2.05, 4.69) is 144 Å². The number of para-hydroxylation sites is 1. The molecular weight excluding hydrogens is 631 g/mol. The first-order valence-electron chi connectivity index (χ1n) is 15.7. The molecule has 4 heterocycles. The predicted molar refractivity (Wildman–Crippen MR) is 207 cm³/mol. The summed E-state index contributed by atoms with van der Waals surface area (Å²) in [5.41, 5.74) is 5.34. The average Bonchev–Trinajstić information content (AvgIpc) is 3.87. The van der Waals surface area contributed by atoms with Crippen molar-refractivity contribution in [3.63, 3.8) is 0 Å². The summed E-state index contributed by atoms with van der Waals surface area (Å²) in [4.78, 5) is 2.48. The van der Waals surface area contributed by atoms with Crippen molar-refractivity contribution in [1.82, 2.24) is 0 Å². The monoisotopic (exact) mass is 653 g/mol. The third-order valence-corrected chi connectivity index (χ3v) is 12.9. The van der Waals surface area contributed by atoms with Gasteiger partial charge in [0.1, 0.15) is 11.2 Å². The van der Waals surface area contributed by atoms with Gasteiger partial charge < -0.3 is 9.32 Å². The smallest absolute Gasteiger partial charge is 0.144 e. The van der Waals surface area contributed by atoms with E-state index in [1.54, 1.807) is 0 Å². The van der Waals surface area contributed by atoms with Crippen LogP contribution in [0.15, 0.2) is 144 Å². The lowest BCUT2D eigenvalue weighted by Gasteiger charge is -2.26. The molecule has 220 valence electrons. The van der Waals surface area contributed by atoms with Crippen molar-refractivity contribution >= 4 is 134 Å². The number of hydrogen-bond acceptors (Lipinski definition) is 5. The minimum atomic E-state index is 0.918. The fraction of sp³-hybridized carbons (Fsp3) is 0. The summed E-state index contributed by atoms with van der Waals surface area (Å²) in [5, 5.41) is 9.94. The van der Waals surface area contributed by atoms with Crippen molar-refractivity contribution in [1.29, 1.82) is 0 Å². The van der Waals surface area contributed by atoms with E-state index in [4.69, 9.17) is 4.42 Å². The van der Waals surface area contributed by atoms with Crippen LogP contribution in [0.25, 0.3) is 82.5 Å². The van der Waals surface area contributed by atoms with E-state index in [0.29, 0.717) is 0 Å². The van der Waals surface area contributed by atoms with Gasteiger partial charge in [-0.15, -0.1) is 34.0 Å². The molecule has 4 aromatic heterocycles. The average molecular weight is 654 g/mol. The van der Waals surface area contributed by atoms with Crippen LogP contribution < -0.4 is 4.90 Å². The minimum absolute atomic E-state index is 0.918. The highest BCUT2D eigenvalue weighted by atomic mass is 32.1. The molecule has 7 aromatic carbocycles. The van der Waals surface area contributed by atoms with E-state index in [0.717, 1.165) is 33.3 Å². The maximum atomic E-state index is 6.65. The molecule has 11 rings (SSSR count). The number of benzene rings is 7. The largest absolute Gasteiger partial charge is 0.455 e. The van der Waals surface area contributed by atoms with Crippen molar-refractivity contribution in [2.75, 3.05) is 4.90 Å². The molecule has 0 amide bonds. The Labute approximate surface area is 280 Å². The molecule has 2 nitrogen and oxygen atoms in total. The van der Waals surface area contributed by atoms with E-state index < -0.39 is 0 Å². The summed E-state index contributed by atoms with van der Waals surface area (Å²) in [6.07, 6.45) is 0. The van der Waals surface area contributed by atoms with Gasteiger partial charge >= 0.3 is 0 Å². The molecule has 0 spiro atoms. The number of rotatable bonds is 3. The molecule has 5 heteroatoms. The van der Waals surface area contributed by atoms with Crippen LogP contribution in [0.3, 0.4) is 0 Å². The Kier molecular flexibility index (Phi) is 5.33. The van der Waals surface area contributed by atoms with E-state index in [1.165, 1.54) is 66.2 Å². The van der Waals surface area contributed by atoms with Gasteiger partial charge in [0.05, 0.1) is 10.4 Å². The second-order valence-electron chi connectivity index (χ2n) is 12.1. The van der Waals surface area contributed by atoms with Gasteiger partial charge in [0, 0.05) is 78.0 Å². The summed E-state index contributed by atoms with van der Waals surface area (Å²) in [6, 6.07) is 51.0. The molecule has 0 atom stereocenters. The summed E-state index contributed by atoms with van der Waals surface area (Å²) in [6.45, 7) is 0. The summed E-state index contributed by atoms with van der Waals surface area (Å²) < 4.78 is 14.4. The standard InChI is InChI=1S/C42H23NOS3/c1-5-13-34-26(9-1)32-23-33(42-40(41(32)44-34)31-12-4-8-16-37(31)47-42)43(24-17-19-29-27-10-2-6-14-35(27)45-38(29)21-24)25-18-20-30-28-11-3-7-15-36(28)46-39(30)22-25/h1-23H. The number of nitrogens with zero attached hydrogens (tertiary/aromatic N) is 1. The van der Waals surface area contributed by atoms with Gasteiger partial charge in [-0.3, -0.25) is 0 Å². The Balaban J connectivity index is 1.27. The number of furan rings is 1. The maximum Gasteiger partial charge on any atom is 0.144 e. The van der Waals surface area contributed by atoms with Crippen molar-refractivity contribution < 1.29 is 4.42 Å². The van der Waals surface area contributed by atoms with Crippen molar-refractivity contribution in [3.05, 3.63) is 140 Å². The lowest BCUT2D eigenvalue weighted by molar-refractivity contribution is 0.673. The number of thiophene rings is 3. The number of fused-ring (bicyclic) bond motifs is 13. The maximum absolute atomic E-state index is 6.65. The van der Waals surface area contributed by atoms with E-state index in [-0.39, 0.29) is 0 Å². The molecule has 0 N–H and O–H groups in total. The molecule has 0 aliphatic heterocycles. The summed E-state index contributed by atoms with van der Waals surface area (Å²) in [7, 11) is 0. The first-order chi connectivity index (χ1) is 23.3. The van der Waals surface area contributed by atoms with E-state index >= 15 is 0 Å². The Morgan fingerprint density at radius 3 is 1.55 bits per heavy atom. The van der Waals surface area contributed by atoms with E-state index in [9.17, 15) is 0 Å². The van der Waals surface area contributed by atoms with Crippen LogP contribution in [-0.4, -0.2) is 0 Å². The first-order valence-corrected chi connectivity index (χ1v) is 18.1. The zero-order valence-electron chi connectivity index (χ0n) is 24.9. The van der Waals surface area contributed by atoms with Gasteiger partial charge in [-0.05, 0) is 54.6 Å². The minimum Gasteiger partial charge on any atom is -0.455 e. The first kappa shape index (κ1) is 25.9. The Bertz CT molecular complexity index is 2930. The quantitative estimate of drug-likeness (QED) is 0.189. The third kappa shape index (κ3) is 3.70. The lowest BCUT2D eigenvalue weighted by Crippen LogP contribution is -2.10. The summed E-state index contributed by atoms with van der Waals surface area (Å²) >= 11 is 5.58. The van der Waals surface area contributed by atoms with Crippen LogP contribution in [0.1, 0.15) is 0 Å². The fourth-order valence-electron chi connectivity index (χ4n) is 7.35. The highest BCUT2D eigenvalue weighted by molar-refractivity contribution is 7.27. The molecule has 0 aliphatic rings. The molecule has 0 saturated carbocycles. The molecular formula is C42H23NOS3. The van der Waals surface area contributed by atoms with Gasteiger partial charge in [0.2, 0.25) is 0 Å². The predicted octanol–water partition coefficient (Wildman–Crippen LogP) is 14.2. The number of hydrogen-bond donors (Lipinski definition) is 0. The van der Waals surface area contributed by atoms with E-state index in [1.807, 2.05) is 34.0 Å². The molecule has 0 unspecified atom stereocenters. The van der Waals surface area contributed by atoms with Crippen LogP contribution in [0.2, 0.25) is 0 Å². The van der Waals surface area contributed by atoms with Crippen LogP contribution in [0.4, 0.5) is 17.1 Å². The van der Waals surface area contributed by atoms with Gasteiger partial charge in [-0.2, -0.15) is 0 Å². The van der Waals surface area contributed by atoms with Gasteiger partial charge in [0.25, 0.3) is 0 Å². The van der Waals surface area contributed by atoms with Crippen molar-refractivity contribution in [3.8, 4) is 0 Å². The Morgan fingerprint density at radius 1 is 0.404 bits per heavy atom. The van der Waals surface area contributed by atoms with Gasteiger partial charge in [-0.25, -0.2) is 0 Å². The molecule has 0 fully saturated rings. The molecule has 0 aliphatic carbocycles. The van der Waals surface area contributed by atoms with Crippen LogP contribution >= 0.6 is 34.0 Å². The summed E-state index contributed by atoms with van der Waals surface area (Å²) in [5.74, 6) is 0. The second kappa shape index (κ2) is 9.66. The van der Waals surface area contributed by atoms with Crippen molar-refractivity contribution in [2.45, 2.75) is 0 Å². The Morgan fingerprint density at radius 2 is 0.915 bits per heavy atom. The zero-order valence-corrected chi connectivity index (χ0v) is 27.3. The SMILES string of the molecule is c1ccc2c(c1)oc1c2cc(N(c2ccc3c(c2)sc2ccccc23)c2ccc3c(c2)sc2ccccc23)c2sc3ccccc3c21. The third-order valence-electron chi connectivity index (χ3n) is 9.45. The van der Waals surface area contributed by atoms with Crippen LogP contribution in [0.5, 0.6) is 0 Å². The highest BCUT2D eigenvalue weighted by Gasteiger charge is 2.24. The molecule has 0 bridgehead atoms. The normalized spacial score (nSPS) is 12.3. The highest BCUT2D eigenvalue weighted by Crippen LogP contribution is 2.51. The molecule has 47 heavy (non-hydrogen) atoms. The van der Waals surface area contributed by atoms with Gasteiger partial charge in [-0.1, -0.05) is 84.9 Å². The molecule has 11 aromatic rings. The molecule has 0 saturated heterocycles. The molecule has 0 radical (unpaired) electrons. The number of anilines is 3. The lowest BCUT2D eigenvalue weighted by atomic mass is 10.0.